The normalized spacial score (nSPS) is 12.6. The lowest BCUT2D eigenvalue weighted by Crippen LogP contribution is -2.38. The van der Waals surface area contributed by atoms with E-state index in [1.54, 1.807) is 0 Å². The van der Waals surface area contributed by atoms with Crippen molar-refractivity contribution < 1.29 is 4.53 Å². The first-order valence-corrected chi connectivity index (χ1v) is 6.94. The highest BCUT2D eigenvalue weighted by Gasteiger charge is 2.30. The van der Waals surface area contributed by atoms with E-state index in [1.165, 1.54) is 12.8 Å². The first kappa shape index (κ1) is 10.1. The molecule has 0 heterocycles. The lowest BCUT2D eigenvalue weighted by molar-refractivity contribution is 0.310. The van der Waals surface area contributed by atoms with Gasteiger partial charge < -0.3 is 4.53 Å². The Kier molecular flexibility index (Phi) is 4.16. The lowest BCUT2D eigenvalue weighted by Gasteiger charge is -2.27. The van der Waals surface area contributed by atoms with Gasteiger partial charge in [0.2, 0.25) is 8.32 Å². The fourth-order valence-electron chi connectivity index (χ4n) is 1.37. The van der Waals surface area contributed by atoms with Crippen molar-refractivity contribution in [3.05, 3.63) is 0 Å². The molecule has 0 amide bonds. The topological polar surface area (TPSA) is 35.2 Å². The summed E-state index contributed by atoms with van der Waals surface area (Å²) in [6, 6.07) is 0. The second-order valence-corrected chi connectivity index (χ2v) is 7.49. The SMILES string of the molecule is CCC(CC)[Si](C)(C)ON. The Morgan fingerprint density at radius 3 is 1.80 bits per heavy atom. The second kappa shape index (κ2) is 4.11. The molecule has 0 aromatic heterocycles. The molecule has 0 atom stereocenters. The van der Waals surface area contributed by atoms with E-state index in [0.29, 0.717) is 5.54 Å². The van der Waals surface area contributed by atoms with Gasteiger partial charge in [0.1, 0.15) is 0 Å². The minimum atomic E-state index is -1.53. The maximum atomic E-state index is 5.22. The fourth-order valence-corrected chi connectivity index (χ4v) is 3.53. The summed E-state index contributed by atoms with van der Waals surface area (Å²) in [5.74, 6) is 5.22. The minimum Gasteiger partial charge on any atom is -0.348 e. The van der Waals surface area contributed by atoms with Crippen LogP contribution in [0.4, 0.5) is 0 Å². The van der Waals surface area contributed by atoms with Crippen LogP contribution in [0.25, 0.3) is 0 Å². The molecule has 0 bridgehead atoms. The van der Waals surface area contributed by atoms with Crippen LogP contribution in [0.3, 0.4) is 0 Å². The molecule has 3 heteroatoms. The monoisotopic (exact) mass is 161 g/mol. The third-order valence-corrected chi connectivity index (χ3v) is 5.66. The van der Waals surface area contributed by atoms with Gasteiger partial charge in [0.25, 0.3) is 0 Å². The number of hydrogen-bond acceptors (Lipinski definition) is 2. The number of rotatable bonds is 4. The highest BCUT2D eigenvalue weighted by Crippen LogP contribution is 2.27. The molecular formula is C7H19NOSi. The molecule has 0 aliphatic carbocycles. The quantitative estimate of drug-likeness (QED) is 0.507. The molecule has 10 heavy (non-hydrogen) atoms. The van der Waals surface area contributed by atoms with Crippen molar-refractivity contribution in [2.45, 2.75) is 45.3 Å². The van der Waals surface area contributed by atoms with Gasteiger partial charge in [-0.05, 0) is 18.6 Å². The second-order valence-electron chi connectivity index (χ2n) is 3.23. The van der Waals surface area contributed by atoms with Crippen molar-refractivity contribution in [1.29, 1.82) is 0 Å². The largest absolute Gasteiger partial charge is 0.348 e. The number of hydrogen-bond donors (Lipinski definition) is 1. The van der Waals surface area contributed by atoms with Gasteiger partial charge in [0.15, 0.2) is 0 Å². The van der Waals surface area contributed by atoms with Crippen LogP contribution in [0.1, 0.15) is 26.7 Å². The zero-order chi connectivity index (χ0) is 8.20. The molecule has 0 spiro atoms. The molecule has 0 fully saturated rings. The van der Waals surface area contributed by atoms with Crippen molar-refractivity contribution in [1.82, 2.24) is 0 Å². The summed E-state index contributed by atoms with van der Waals surface area (Å²) >= 11 is 0. The van der Waals surface area contributed by atoms with Crippen molar-refractivity contribution in [3.63, 3.8) is 0 Å². The number of nitrogens with two attached hydrogens (primary N) is 1. The summed E-state index contributed by atoms with van der Waals surface area (Å²) < 4.78 is 5.02. The molecule has 2 N–H and O–H groups in total. The van der Waals surface area contributed by atoms with Crippen LogP contribution in [-0.4, -0.2) is 8.32 Å². The highest BCUT2D eigenvalue weighted by atomic mass is 28.4. The molecule has 0 aromatic carbocycles. The smallest absolute Gasteiger partial charge is 0.217 e. The Morgan fingerprint density at radius 1 is 1.30 bits per heavy atom. The Bertz CT molecular complexity index is 91.6. The molecule has 0 saturated carbocycles. The van der Waals surface area contributed by atoms with Gasteiger partial charge >= 0.3 is 0 Å². The van der Waals surface area contributed by atoms with E-state index in [2.05, 4.69) is 26.9 Å². The first-order valence-electron chi connectivity index (χ1n) is 3.96. The molecule has 62 valence electrons. The van der Waals surface area contributed by atoms with Crippen LogP contribution in [0.2, 0.25) is 18.6 Å². The molecular weight excluding hydrogens is 142 g/mol. The van der Waals surface area contributed by atoms with Gasteiger partial charge in [0, 0.05) is 0 Å². The van der Waals surface area contributed by atoms with Crippen LogP contribution < -0.4 is 5.90 Å². The van der Waals surface area contributed by atoms with Gasteiger partial charge in [0.05, 0.1) is 0 Å². The van der Waals surface area contributed by atoms with Crippen LogP contribution >= 0.6 is 0 Å². The summed E-state index contributed by atoms with van der Waals surface area (Å²) in [5.41, 5.74) is 0.706. The minimum absolute atomic E-state index is 0.706. The summed E-state index contributed by atoms with van der Waals surface area (Å²) in [6.45, 7) is 8.74. The summed E-state index contributed by atoms with van der Waals surface area (Å²) in [5, 5.41) is 0. The predicted octanol–water partition coefficient (Wildman–Crippen LogP) is 2.27. The van der Waals surface area contributed by atoms with Crippen LogP contribution in [0.15, 0.2) is 0 Å². The van der Waals surface area contributed by atoms with E-state index >= 15 is 0 Å². The third kappa shape index (κ3) is 2.40. The summed E-state index contributed by atoms with van der Waals surface area (Å²) in [7, 11) is -1.53. The van der Waals surface area contributed by atoms with E-state index in [9.17, 15) is 0 Å². The predicted molar refractivity (Wildman–Crippen MR) is 47.1 cm³/mol. The van der Waals surface area contributed by atoms with Crippen LogP contribution in [-0.2, 0) is 4.53 Å². The molecule has 0 aromatic rings. The van der Waals surface area contributed by atoms with E-state index in [4.69, 9.17) is 10.4 Å². The van der Waals surface area contributed by atoms with Gasteiger partial charge in [-0.1, -0.05) is 26.7 Å². The van der Waals surface area contributed by atoms with Crippen molar-refractivity contribution in [3.8, 4) is 0 Å². The molecule has 0 saturated heterocycles. The maximum absolute atomic E-state index is 5.22. The Balaban J connectivity index is 3.97. The average molecular weight is 161 g/mol. The Morgan fingerprint density at radius 2 is 1.70 bits per heavy atom. The molecule has 2 nitrogen and oxygen atoms in total. The van der Waals surface area contributed by atoms with Crippen molar-refractivity contribution in [2.75, 3.05) is 0 Å². The molecule has 0 aliphatic rings. The van der Waals surface area contributed by atoms with E-state index in [0.717, 1.165) is 0 Å². The average Bonchev–Trinajstić information content (AvgIpc) is 1.90. The first-order chi connectivity index (χ1) is 4.58. The summed E-state index contributed by atoms with van der Waals surface area (Å²) in [4.78, 5) is 0. The van der Waals surface area contributed by atoms with E-state index in [1.807, 2.05) is 0 Å². The van der Waals surface area contributed by atoms with E-state index < -0.39 is 8.32 Å². The van der Waals surface area contributed by atoms with Crippen molar-refractivity contribution in [2.24, 2.45) is 5.90 Å². The zero-order valence-electron chi connectivity index (χ0n) is 7.48. The summed E-state index contributed by atoms with van der Waals surface area (Å²) in [6.07, 6.45) is 2.37. The van der Waals surface area contributed by atoms with E-state index in [-0.39, 0.29) is 0 Å². The molecule has 0 rings (SSSR count). The molecule has 0 radical (unpaired) electrons. The molecule has 0 aliphatic heterocycles. The van der Waals surface area contributed by atoms with Crippen LogP contribution in [0.5, 0.6) is 0 Å². The van der Waals surface area contributed by atoms with Gasteiger partial charge in [-0.3, -0.25) is 0 Å². The van der Waals surface area contributed by atoms with Gasteiger partial charge in [-0.2, -0.15) is 0 Å². The lowest BCUT2D eigenvalue weighted by atomic mass is 10.3. The van der Waals surface area contributed by atoms with Gasteiger partial charge in [-0.15, -0.1) is 0 Å². The van der Waals surface area contributed by atoms with Crippen molar-refractivity contribution >= 4 is 8.32 Å². The van der Waals surface area contributed by atoms with Crippen LogP contribution in [0, 0.1) is 0 Å². The zero-order valence-corrected chi connectivity index (χ0v) is 8.48. The standard InChI is InChI=1S/C7H19NOSi/c1-5-7(6-2)10(3,4)9-8/h7H,5-6,8H2,1-4H3. The maximum Gasteiger partial charge on any atom is 0.217 e. The fraction of sp³-hybridized carbons (Fsp3) is 1.00. The van der Waals surface area contributed by atoms with Gasteiger partial charge in [-0.25, -0.2) is 5.90 Å². The Hall–Kier alpha value is 0.137. The highest BCUT2D eigenvalue weighted by molar-refractivity contribution is 6.72. The Labute approximate surface area is 64.8 Å². The third-order valence-electron chi connectivity index (χ3n) is 2.27. The molecule has 0 unspecified atom stereocenters.